The molecule has 0 aliphatic carbocycles. The second-order valence-corrected chi connectivity index (χ2v) is 12.4. The lowest BCUT2D eigenvalue weighted by molar-refractivity contribution is -0.138. The number of carboxylic acids is 1. The van der Waals surface area contributed by atoms with E-state index >= 15 is 0 Å². The maximum atomic E-state index is 11.0. The monoisotopic (exact) mass is 609 g/mol. The number of benzene rings is 3. The van der Waals surface area contributed by atoms with Crippen molar-refractivity contribution in [3.8, 4) is 11.1 Å². The molecule has 0 amide bonds. The van der Waals surface area contributed by atoms with E-state index in [1.165, 1.54) is 24.0 Å². The van der Waals surface area contributed by atoms with Gasteiger partial charge in [-0.1, -0.05) is 29.3 Å². The minimum Gasteiger partial charge on any atom is -0.480 e. The normalized spacial score (nSPS) is 17.0. The first-order chi connectivity index (χ1) is 20.3. The smallest absolute Gasteiger partial charge is 0.317 e. The highest BCUT2D eigenvalue weighted by Gasteiger charge is 2.20. The summed E-state index contributed by atoms with van der Waals surface area (Å²) in [5.41, 5.74) is 6.88. The Bertz CT molecular complexity index is 1320. The van der Waals surface area contributed by atoms with E-state index in [9.17, 15) is 4.79 Å². The zero-order chi connectivity index (χ0) is 29.5. The van der Waals surface area contributed by atoms with Gasteiger partial charge >= 0.3 is 5.97 Å². The number of piperazine rings is 1. The van der Waals surface area contributed by atoms with Crippen LogP contribution in [0, 0.1) is 5.92 Å². The molecule has 2 fully saturated rings. The van der Waals surface area contributed by atoms with E-state index in [0.29, 0.717) is 16.6 Å². The number of likely N-dealkylation sites (tertiary alicyclic amines) is 1. The van der Waals surface area contributed by atoms with Crippen LogP contribution in [-0.2, 0) is 17.9 Å². The molecule has 5 rings (SSSR count). The summed E-state index contributed by atoms with van der Waals surface area (Å²) in [4.78, 5) is 17.9. The van der Waals surface area contributed by atoms with E-state index in [0.717, 1.165) is 80.8 Å². The van der Waals surface area contributed by atoms with Crippen molar-refractivity contribution in [1.82, 2.24) is 15.1 Å². The molecule has 0 unspecified atom stereocenters. The van der Waals surface area contributed by atoms with Crippen LogP contribution in [0.15, 0.2) is 60.7 Å². The minimum absolute atomic E-state index is 0.110. The molecular weight excluding hydrogens is 569 g/mol. The van der Waals surface area contributed by atoms with Crippen LogP contribution in [0.4, 0.5) is 11.4 Å². The van der Waals surface area contributed by atoms with Crippen LogP contribution in [-0.4, -0.2) is 80.3 Å². The molecule has 3 N–H and O–H groups in total. The van der Waals surface area contributed by atoms with Gasteiger partial charge in [0.15, 0.2) is 0 Å². The largest absolute Gasteiger partial charge is 0.480 e. The van der Waals surface area contributed by atoms with Crippen molar-refractivity contribution in [1.29, 1.82) is 0 Å². The third kappa shape index (κ3) is 8.62. The fraction of sp³-hybridized carbons (Fsp3) is 0.424. The molecule has 2 heterocycles. The fourth-order valence-corrected chi connectivity index (χ4v) is 6.61. The van der Waals surface area contributed by atoms with Crippen LogP contribution in [0.2, 0.25) is 10.0 Å². The van der Waals surface area contributed by atoms with Crippen LogP contribution >= 0.6 is 23.2 Å². The Morgan fingerprint density at radius 2 is 1.48 bits per heavy atom. The predicted molar refractivity (Wildman–Crippen MR) is 174 cm³/mol. The van der Waals surface area contributed by atoms with E-state index in [4.69, 9.17) is 28.3 Å². The molecule has 0 bridgehead atoms. The van der Waals surface area contributed by atoms with Gasteiger partial charge in [0.25, 0.3) is 0 Å². The van der Waals surface area contributed by atoms with Crippen LogP contribution < -0.4 is 15.5 Å². The first-order valence-electron chi connectivity index (χ1n) is 14.8. The molecule has 2 aliphatic heterocycles. The van der Waals surface area contributed by atoms with Crippen molar-refractivity contribution in [2.75, 3.05) is 69.6 Å². The summed E-state index contributed by atoms with van der Waals surface area (Å²) in [7, 11) is 2.04. The molecule has 0 aromatic heterocycles. The maximum Gasteiger partial charge on any atom is 0.317 e. The number of hydrogen-bond donors (Lipinski definition) is 3. The van der Waals surface area contributed by atoms with Crippen molar-refractivity contribution in [3.05, 3.63) is 81.8 Å². The third-order valence-electron chi connectivity index (χ3n) is 8.31. The Kier molecular flexibility index (Phi) is 10.6. The number of carboxylic acid groups (broad SMARTS) is 1. The average Bonchev–Trinajstić information content (AvgIpc) is 2.97. The number of hydrogen-bond acceptors (Lipinski definition) is 6. The van der Waals surface area contributed by atoms with Gasteiger partial charge < -0.3 is 20.6 Å². The Labute approximate surface area is 259 Å². The average molecular weight is 611 g/mol. The molecule has 0 radical (unpaired) electrons. The van der Waals surface area contributed by atoms with E-state index in [2.05, 4.69) is 62.9 Å². The van der Waals surface area contributed by atoms with Gasteiger partial charge in [-0.3, -0.25) is 14.6 Å². The number of aliphatic carboxylic acids is 1. The number of halogens is 2. The Hall–Kier alpha value is -2.81. The van der Waals surface area contributed by atoms with Gasteiger partial charge in [-0.2, -0.15) is 0 Å². The summed E-state index contributed by atoms with van der Waals surface area (Å²) in [5.74, 6) is -0.00316. The van der Waals surface area contributed by atoms with Crippen LogP contribution in [0.5, 0.6) is 0 Å². The fourth-order valence-electron chi connectivity index (χ4n) is 6.09. The molecule has 0 spiro atoms. The molecule has 0 saturated carbocycles. The number of carbonyl (C=O) groups is 1. The standard InChI is InChI=1S/C33H41Cl2N5O2/c1-36-20-24-6-8-38(9-7-24)22-26-14-25(15-27(16-26)28-17-29(34)19-30(35)18-28)21-37-31-2-4-32(5-3-31)40-12-10-39(11-13-40)23-33(41)42/h2-5,14-19,24,36-37H,6-13,20-23H2,1H3,(H,41,42). The van der Waals surface area contributed by atoms with Crippen molar-refractivity contribution in [2.24, 2.45) is 5.92 Å². The molecule has 2 aliphatic rings. The van der Waals surface area contributed by atoms with Crippen molar-refractivity contribution in [2.45, 2.75) is 25.9 Å². The van der Waals surface area contributed by atoms with Gasteiger partial charge in [-0.05, 0) is 122 Å². The zero-order valence-corrected chi connectivity index (χ0v) is 25.8. The van der Waals surface area contributed by atoms with E-state index in [-0.39, 0.29) is 6.54 Å². The lowest BCUT2D eigenvalue weighted by Crippen LogP contribution is -2.47. The quantitative estimate of drug-likeness (QED) is 0.249. The lowest BCUT2D eigenvalue weighted by atomic mass is 9.95. The Balaban J connectivity index is 1.26. The summed E-state index contributed by atoms with van der Waals surface area (Å²) >= 11 is 12.7. The summed E-state index contributed by atoms with van der Waals surface area (Å²) in [5, 5.41) is 17.3. The molecule has 3 aromatic carbocycles. The third-order valence-corrected chi connectivity index (χ3v) is 8.75. The van der Waals surface area contributed by atoms with Crippen molar-refractivity contribution < 1.29 is 9.90 Å². The number of piperidine rings is 1. The Morgan fingerprint density at radius 3 is 2.12 bits per heavy atom. The minimum atomic E-state index is -0.766. The highest BCUT2D eigenvalue weighted by molar-refractivity contribution is 6.35. The van der Waals surface area contributed by atoms with Gasteiger partial charge in [-0.15, -0.1) is 0 Å². The summed E-state index contributed by atoms with van der Waals surface area (Å²) in [6.07, 6.45) is 2.46. The molecule has 2 saturated heterocycles. The molecule has 42 heavy (non-hydrogen) atoms. The molecular formula is C33H41Cl2N5O2. The van der Waals surface area contributed by atoms with Gasteiger partial charge in [-0.25, -0.2) is 0 Å². The Morgan fingerprint density at radius 1 is 0.833 bits per heavy atom. The second kappa shape index (κ2) is 14.6. The molecule has 7 nitrogen and oxygen atoms in total. The highest BCUT2D eigenvalue weighted by Crippen LogP contribution is 2.30. The van der Waals surface area contributed by atoms with E-state index in [1.54, 1.807) is 6.07 Å². The molecule has 0 atom stereocenters. The SMILES string of the molecule is CNCC1CCN(Cc2cc(CNc3ccc(N4CCN(CC(=O)O)CC4)cc3)cc(-c3cc(Cl)cc(Cl)c3)c2)CC1. The first-order valence-corrected chi connectivity index (χ1v) is 15.6. The summed E-state index contributed by atoms with van der Waals surface area (Å²) < 4.78 is 0. The van der Waals surface area contributed by atoms with E-state index in [1.807, 2.05) is 24.1 Å². The van der Waals surface area contributed by atoms with Crippen molar-refractivity contribution in [3.63, 3.8) is 0 Å². The maximum absolute atomic E-state index is 11.0. The van der Waals surface area contributed by atoms with E-state index < -0.39 is 5.97 Å². The van der Waals surface area contributed by atoms with Gasteiger partial charge in [0, 0.05) is 60.7 Å². The highest BCUT2D eigenvalue weighted by atomic mass is 35.5. The number of rotatable bonds is 11. The lowest BCUT2D eigenvalue weighted by Gasteiger charge is -2.35. The van der Waals surface area contributed by atoms with Crippen molar-refractivity contribution >= 4 is 40.5 Å². The predicted octanol–water partition coefficient (Wildman–Crippen LogP) is 5.91. The topological polar surface area (TPSA) is 71.1 Å². The van der Waals surface area contributed by atoms with Gasteiger partial charge in [0.2, 0.25) is 0 Å². The zero-order valence-electron chi connectivity index (χ0n) is 24.3. The van der Waals surface area contributed by atoms with Crippen LogP contribution in [0.3, 0.4) is 0 Å². The summed E-state index contributed by atoms with van der Waals surface area (Å²) in [6.45, 7) is 8.25. The number of nitrogens with one attached hydrogen (secondary N) is 2. The molecule has 9 heteroatoms. The number of nitrogens with zero attached hydrogens (tertiary/aromatic N) is 3. The molecule has 224 valence electrons. The summed E-state index contributed by atoms with van der Waals surface area (Å²) in [6, 6.07) is 21.1. The molecule has 3 aromatic rings. The van der Waals surface area contributed by atoms with Crippen LogP contribution in [0.25, 0.3) is 11.1 Å². The van der Waals surface area contributed by atoms with Gasteiger partial charge in [0.05, 0.1) is 6.54 Å². The van der Waals surface area contributed by atoms with Crippen LogP contribution in [0.1, 0.15) is 24.0 Å². The number of anilines is 2. The van der Waals surface area contributed by atoms with Gasteiger partial charge in [0.1, 0.15) is 0 Å². The second-order valence-electron chi connectivity index (χ2n) is 11.5. The first kappa shape index (κ1) is 30.6.